The van der Waals surface area contributed by atoms with Gasteiger partial charge in [-0.25, -0.2) is 13.6 Å². The van der Waals surface area contributed by atoms with Crippen LogP contribution in [0.4, 0.5) is 11.4 Å². The van der Waals surface area contributed by atoms with E-state index in [9.17, 15) is 33.9 Å². The zero-order valence-electron chi connectivity index (χ0n) is 12.4. The van der Waals surface area contributed by atoms with E-state index in [0.29, 0.717) is 0 Å². The number of nitro groups is 1. The third kappa shape index (κ3) is 3.99. The van der Waals surface area contributed by atoms with E-state index < -0.39 is 42.8 Å². The van der Waals surface area contributed by atoms with Gasteiger partial charge < -0.3 is 15.3 Å². The minimum Gasteiger partial charge on any atom is -0.870 e. The molecule has 0 aliphatic rings. The van der Waals surface area contributed by atoms with Crippen molar-refractivity contribution in [2.24, 2.45) is 10.3 Å². The highest BCUT2D eigenvalue weighted by Crippen LogP contribution is 2.34. The Balaban J connectivity index is 2.32. The number of azo groups is 1. The fraction of sp³-hybridized carbons (Fsp3) is 0.0769. The molecule has 0 aromatic heterocycles. The number of primary sulfonamides is 1. The number of nitrogens with zero attached hydrogens (tertiary/aromatic N) is 2. The number of phenolic OH excluding ortho intramolecular Hbond substituents is 2. The minimum atomic E-state index is -4.11. The maximum Gasteiger partial charge on any atom is 0.302 e. The van der Waals surface area contributed by atoms with Crippen molar-refractivity contribution in [1.29, 1.82) is 0 Å². The van der Waals surface area contributed by atoms with Crippen LogP contribution in [0.2, 0.25) is 0 Å². The van der Waals surface area contributed by atoms with Gasteiger partial charge in [-0.05, 0) is 29.4 Å². The first-order valence-corrected chi connectivity index (χ1v) is 8.11. The summed E-state index contributed by atoms with van der Waals surface area (Å²) in [5.74, 6) is -2.20. The average Bonchev–Trinajstić information content (AvgIpc) is 2.54. The molecule has 0 aliphatic heterocycles. The monoisotopic (exact) mass is 368 g/mol. The molecule has 0 atom stereocenters. The Morgan fingerprint density at radius 2 is 1.92 bits per heavy atom. The molecule has 12 heteroatoms. The van der Waals surface area contributed by atoms with Crippen LogP contribution in [0.15, 0.2) is 40.3 Å². The summed E-state index contributed by atoms with van der Waals surface area (Å²) in [6.45, 7) is -0.194. The van der Waals surface area contributed by atoms with Gasteiger partial charge in [-0.1, -0.05) is 5.75 Å². The molecule has 2 aromatic carbocycles. The second-order valence-electron chi connectivity index (χ2n) is 4.82. The van der Waals surface area contributed by atoms with Crippen LogP contribution in [0.5, 0.6) is 17.2 Å². The first-order valence-electron chi connectivity index (χ1n) is 6.57. The Labute approximate surface area is 140 Å². The van der Waals surface area contributed by atoms with E-state index in [1.165, 1.54) is 6.07 Å². The van der Waals surface area contributed by atoms with E-state index in [-0.39, 0.29) is 17.8 Å². The number of nitrogens with two attached hydrogens (primary N) is 1. The third-order valence-electron chi connectivity index (χ3n) is 3.13. The van der Waals surface area contributed by atoms with Crippen LogP contribution in [0.25, 0.3) is 0 Å². The first-order chi connectivity index (χ1) is 11.6. The fourth-order valence-electron chi connectivity index (χ4n) is 1.87. The van der Waals surface area contributed by atoms with E-state index in [0.717, 1.165) is 24.3 Å². The molecule has 0 unspecified atom stereocenters. The lowest BCUT2D eigenvalue weighted by atomic mass is 10.2. The van der Waals surface area contributed by atoms with Gasteiger partial charge in [0, 0.05) is 11.6 Å². The average molecular weight is 368 g/mol. The molecule has 0 saturated heterocycles. The van der Waals surface area contributed by atoms with E-state index >= 15 is 0 Å². The second kappa shape index (κ2) is 6.70. The van der Waals surface area contributed by atoms with E-state index in [2.05, 4.69) is 10.2 Å². The highest BCUT2D eigenvalue weighted by molar-refractivity contribution is 7.89. The topological polar surface area (TPSA) is 193 Å². The lowest BCUT2D eigenvalue weighted by Crippen LogP contribution is -2.63. The summed E-state index contributed by atoms with van der Waals surface area (Å²) in [6, 6.07) is 5.25. The Morgan fingerprint density at radius 1 is 1.24 bits per heavy atom. The molecular formula is C13H12N4O7S. The van der Waals surface area contributed by atoms with E-state index in [1.807, 2.05) is 0 Å². The third-order valence-corrected chi connectivity index (χ3v) is 4.04. The number of benzene rings is 2. The standard InChI is InChI=1S/C13H12N4O7S/c14-25(23,24)8-2-3-9(10(5-8)17(21)22)16-15-6-7-1-4-11(18)13(20)12(7)19/h1-5,18-20H,6H2,(H2,14,23,24). The van der Waals surface area contributed by atoms with Crippen LogP contribution in [0.1, 0.15) is 5.56 Å². The molecule has 0 aliphatic carbocycles. The predicted octanol–water partition coefficient (Wildman–Crippen LogP) is -0.909. The summed E-state index contributed by atoms with van der Waals surface area (Å²) >= 11 is 0. The summed E-state index contributed by atoms with van der Waals surface area (Å²) in [4.78, 5) is 9.77. The Bertz CT molecular complexity index is 973. The number of sulfonamides is 1. The predicted molar refractivity (Wildman–Crippen MR) is 80.4 cm³/mol. The summed E-state index contributed by atoms with van der Waals surface area (Å²) < 4.78 is 22.5. The molecule has 132 valence electrons. The summed E-state index contributed by atoms with van der Waals surface area (Å²) in [7, 11) is -4.11. The maximum atomic E-state index is 11.7. The van der Waals surface area contributed by atoms with Gasteiger partial charge in [0.05, 0.1) is 9.82 Å². The van der Waals surface area contributed by atoms with E-state index in [4.69, 9.17) is 5.14 Å². The number of hydrogen-bond donors (Lipinski definition) is 4. The van der Waals surface area contributed by atoms with Gasteiger partial charge in [-0.15, -0.1) is 5.11 Å². The number of nitro benzene ring substituents is 1. The first kappa shape index (κ1) is 18.1. The second-order valence-corrected chi connectivity index (χ2v) is 6.38. The molecule has 0 spiro atoms. The molecule has 0 fully saturated rings. The molecule has 0 amide bonds. The van der Waals surface area contributed by atoms with Crippen molar-refractivity contribution in [1.82, 2.24) is 0 Å². The van der Waals surface area contributed by atoms with Crippen LogP contribution < -0.4 is 15.4 Å². The van der Waals surface area contributed by atoms with Crippen LogP contribution >= 0.6 is 0 Å². The number of aromatic hydroxyl groups is 2. The Hall–Kier alpha value is -3.25. The highest BCUT2D eigenvalue weighted by Gasteiger charge is 2.20. The number of phenols is 2. The van der Waals surface area contributed by atoms with Crippen molar-refractivity contribution >= 4 is 21.4 Å². The lowest BCUT2D eigenvalue weighted by molar-refractivity contribution is -0.546. The van der Waals surface area contributed by atoms with Gasteiger partial charge >= 0.3 is 5.69 Å². The van der Waals surface area contributed by atoms with Crippen molar-refractivity contribution in [3.63, 3.8) is 0 Å². The van der Waals surface area contributed by atoms with Gasteiger partial charge in [0.2, 0.25) is 15.7 Å². The molecule has 0 heterocycles. The van der Waals surface area contributed by atoms with Crippen LogP contribution in [0.3, 0.4) is 0 Å². The number of nitrogens with one attached hydrogen (secondary N) is 1. The molecule has 11 nitrogen and oxygen atoms in total. The lowest BCUT2D eigenvalue weighted by Gasteiger charge is -2.12. The maximum absolute atomic E-state index is 11.7. The molecule has 0 radical (unpaired) electrons. The Kier molecular flexibility index (Phi) is 4.85. The van der Waals surface area contributed by atoms with Crippen molar-refractivity contribution in [2.45, 2.75) is 11.4 Å². The van der Waals surface area contributed by atoms with Crippen LogP contribution in [-0.2, 0) is 16.6 Å². The van der Waals surface area contributed by atoms with Crippen molar-refractivity contribution in [3.05, 3.63) is 46.0 Å². The molecule has 25 heavy (non-hydrogen) atoms. The van der Waals surface area contributed by atoms with Crippen molar-refractivity contribution in [3.8, 4) is 17.2 Å². The molecule has 5 N–H and O–H groups in total. The van der Waals surface area contributed by atoms with Gasteiger partial charge in [-0.2, -0.15) is 0 Å². The number of rotatable bonds is 5. The summed E-state index contributed by atoms with van der Waals surface area (Å²) in [6.07, 6.45) is 0. The van der Waals surface area contributed by atoms with Crippen LogP contribution in [0, 0.1) is 10.1 Å². The van der Waals surface area contributed by atoms with Crippen molar-refractivity contribution < 1.29 is 33.8 Å². The summed E-state index contributed by atoms with van der Waals surface area (Å²) in [5.41, 5.74) is -0.731. The molecule has 2 aromatic rings. The SMILES string of the molecule is NS(=O)(=O)c1ccc(N=[NH+]Cc2ccc(O)c(O)c2[O-])c([N+](=O)[O-])c1. The fourth-order valence-corrected chi connectivity index (χ4v) is 2.41. The Morgan fingerprint density at radius 3 is 2.52 bits per heavy atom. The van der Waals surface area contributed by atoms with Gasteiger partial charge in [0.1, 0.15) is 5.75 Å². The minimum absolute atomic E-state index is 0.0582. The zero-order valence-corrected chi connectivity index (χ0v) is 13.2. The highest BCUT2D eigenvalue weighted by atomic mass is 32.2. The molecule has 0 bridgehead atoms. The zero-order chi connectivity index (χ0) is 18.8. The molecule has 2 rings (SSSR count). The van der Waals surface area contributed by atoms with Crippen LogP contribution in [-0.4, -0.2) is 23.6 Å². The summed E-state index contributed by atoms with van der Waals surface area (Å²) in [5, 5.41) is 52.3. The molecule has 0 saturated carbocycles. The number of hydrogen-bond acceptors (Lipinski definition) is 8. The van der Waals surface area contributed by atoms with Gasteiger partial charge in [-0.3, -0.25) is 10.1 Å². The van der Waals surface area contributed by atoms with Crippen molar-refractivity contribution in [2.75, 3.05) is 0 Å². The smallest absolute Gasteiger partial charge is 0.302 e. The van der Waals surface area contributed by atoms with Gasteiger partial charge in [0.15, 0.2) is 12.3 Å². The largest absolute Gasteiger partial charge is 0.870 e. The molecular weight excluding hydrogens is 356 g/mol. The normalized spacial score (nSPS) is 11.7. The van der Waals surface area contributed by atoms with E-state index in [1.54, 1.807) is 0 Å². The van der Waals surface area contributed by atoms with Gasteiger partial charge in [0.25, 0.3) is 0 Å². The quantitative estimate of drug-likeness (QED) is 0.227.